The molecule has 16 nitrogen and oxygen atoms in total. The van der Waals surface area contributed by atoms with Gasteiger partial charge in [0.1, 0.15) is 34.5 Å². The minimum absolute atomic E-state index is 0.0391. The Morgan fingerprint density at radius 2 is 0.937 bits per heavy atom. The summed E-state index contributed by atoms with van der Waals surface area (Å²) < 4.78 is 167. The maximum absolute atomic E-state index is 13.9. The van der Waals surface area contributed by atoms with Crippen molar-refractivity contribution in [2.75, 3.05) is 27.4 Å². The molecule has 8 rings (SSSR count). The molecule has 2 aromatic heterocycles. The van der Waals surface area contributed by atoms with E-state index in [0.717, 1.165) is 19.2 Å². The molecule has 28 heteroatoms. The summed E-state index contributed by atoms with van der Waals surface area (Å²) >= 11 is 12.0. The number of esters is 2. The molecule has 0 saturated heterocycles. The number of aromatic nitrogens is 4. The van der Waals surface area contributed by atoms with Gasteiger partial charge in [0.15, 0.2) is 13.2 Å². The fraction of sp³-hybridized carbons (Fsp3) is 0.176. The lowest BCUT2D eigenvalue weighted by atomic mass is 10.1. The number of alkyl halides is 10. The molecular weight excluding hydrogens is 1120 g/mol. The molecule has 1 N–H and O–H groups in total. The van der Waals surface area contributed by atoms with E-state index in [9.17, 15) is 72.7 Å². The van der Waals surface area contributed by atoms with Gasteiger partial charge >= 0.3 is 35.7 Å². The van der Waals surface area contributed by atoms with Crippen LogP contribution in [0.5, 0.6) is 34.5 Å². The quantitative estimate of drug-likeness (QED) is 0.0803. The molecule has 79 heavy (non-hydrogen) atoms. The lowest BCUT2D eigenvalue weighted by Crippen LogP contribution is -2.39. The molecule has 0 amide bonds. The molecule has 0 fully saturated rings. The Morgan fingerprint density at radius 3 is 1.32 bits per heavy atom. The van der Waals surface area contributed by atoms with Gasteiger partial charge in [0.25, 0.3) is 24.0 Å². The fourth-order valence-electron chi connectivity index (χ4n) is 7.34. The molecule has 414 valence electrons. The van der Waals surface area contributed by atoms with Gasteiger partial charge in [0, 0.05) is 31.3 Å². The SMILES string of the molecule is COC(=O)COc1ccc2cc(Oc3cc(-n4c(=O)cc(C(F)F)[nH]c4=O)c(Cl)cc3C(F)(F)F)ccc2c1.COC(=O)COc1ccc2cc(Oc3cc(-n4c(=O)cc(C(F)F)n(C)c4=O)c(Cl)cc3C(F)(F)F)ccc2c1. The van der Waals surface area contributed by atoms with Crippen molar-refractivity contribution in [3.05, 3.63) is 183 Å². The highest BCUT2D eigenvalue weighted by molar-refractivity contribution is 6.33. The van der Waals surface area contributed by atoms with Gasteiger partial charge in [-0.1, -0.05) is 47.5 Å². The van der Waals surface area contributed by atoms with Gasteiger partial charge in [0.2, 0.25) is 0 Å². The van der Waals surface area contributed by atoms with Crippen LogP contribution in [0.4, 0.5) is 43.9 Å². The first-order valence-corrected chi connectivity index (χ1v) is 22.8. The predicted octanol–water partition coefficient (Wildman–Crippen LogP) is 11.3. The van der Waals surface area contributed by atoms with E-state index in [0.29, 0.717) is 71.0 Å². The van der Waals surface area contributed by atoms with Gasteiger partial charge in [-0.05, 0) is 82.2 Å². The van der Waals surface area contributed by atoms with Crippen molar-refractivity contribution in [3.8, 4) is 45.9 Å². The number of hydrogen-bond acceptors (Lipinski definition) is 12. The highest BCUT2D eigenvalue weighted by Crippen LogP contribution is 2.44. The van der Waals surface area contributed by atoms with Gasteiger partial charge < -0.3 is 33.4 Å². The topological polar surface area (TPSA) is 188 Å². The molecule has 0 spiro atoms. The first-order valence-electron chi connectivity index (χ1n) is 22.1. The molecule has 0 aliphatic carbocycles. The number of halogens is 12. The third-order valence-corrected chi connectivity index (χ3v) is 11.8. The van der Waals surface area contributed by atoms with E-state index in [2.05, 4.69) is 9.47 Å². The van der Waals surface area contributed by atoms with Crippen LogP contribution in [0, 0.1) is 0 Å². The molecule has 0 radical (unpaired) electrons. The molecule has 0 aliphatic rings. The molecule has 6 aromatic carbocycles. The number of methoxy groups -OCH3 is 2. The molecule has 0 saturated carbocycles. The average molecular weight is 1160 g/mol. The van der Waals surface area contributed by atoms with Crippen LogP contribution in [0.25, 0.3) is 32.9 Å². The monoisotopic (exact) mass is 1150 g/mol. The number of fused-ring (bicyclic) bond motifs is 2. The number of H-pyrrole nitrogens is 1. The first-order chi connectivity index (χ1) is 37.2. The van der Waals surface area contributed by atoms with E-state index < -0.39 is 115 Å². The van der Waals surface area contributed by atoms with Crippen LogP contribution in [0.2, 0.25) is 10.0 Å². The van der Waals surface area contributed by atoms with Crippen molar-refractivity contribution in [2.24, 2.45) is 7.05 Å². The summed E-state index contributed by atoms with van der Waals surface area (Å²) in [6.07, 6.45) is -16.2. The van der Waals surface area contributed by atoms with Crippen molar-refractivity contribution in [2.45, 2.75) is 25.2 Å². The molecule has 0 atom stereocenters. The van der Waals surface area contributed by atoms with Crippen molar-refractivity contribution < 1.29 is 81.9 Å². The molecule has 2 heterocycles. The zero-order chi connectivity index (χ0) is 57.8. The Kier molecular flexibility index (Phi) is 17.2. The second-order valence-corrected chi connectivity index (χ2v) is 17.1. The lowest BCUT2D eigenvalue weighted by Gasteiger charge is -2.18. The zero-order valence-electron chi connectivity index (χ0n) is 40.2. The summed E-state index contributed by atoms with van der Waals surface area (Å²) in [6, 6.07) is 21.4. The van der Waals surface area contributed by atoms with Gasteiger partial charge in [-0.15, -0.1) is 0 Å². The number of ether oxygens (including phenoxy) is 6. The van der Waals surface area contributed by atoms with Crippen LogP contribution in [-0.2, 0) is 38.5 Å². The van der Waals surface area contributed by atoms with Crippen molar-refractivity contribution in [3.63, 3.8) is 0 Å². The van der Waals surface area contributed by atoms with Gasteiger partial charge in [-0.2, -0.15) is 26.3 Å². The molecular formula is C51H34Cl2F10N4O12. The third-order valence-electron chi connectivity index (χ3n) is 11.2. The van der Waals surface area contributed by atoms with Gasteiger partial charge in [0.05, 0.1) is 58.2 Å². The first kappa shape index (κ1) is 57.9. The third kappa shape index (κ3) is 13.3. The summed E-state index contributed by atoms with van der Waals surface area (Å²) in [7, 11) is 3.40. The van der Waals surface area contributed by atoms with Crippen LogP contribution < -0.4 is 41.4 Å². The number of nitrogens with zero attached hydrogens (tertiary/aromatic N) is 3. The van der Waals surface area contributed by atoms with Crippen LogP contribution in [-0.4, -0.2) is 58.1 Å². The summed E-state index contributed by atoms with van der Waals surface area (Å²) in [5, 5.41) is 1.01. The fourth-order valence-corrected chi connectivity index (χ4v) is 7.84. The van der Waals surface area contributed by atoms with Gasteiger partial charge in [-0.25, -0.2) is 45.9 Å². The zero-order valence-corrected chi connectivity index (χ0v) is 41.7. The predicted molar refractivity (Wildman–Crippen MR) is 263 cm³/mol. The van der Waals surface area contributed by atoms with Crippen molar-refractivity contribution in [1.82, 2.24) is 18.7 Å². The number of benzene rings is 6. The Labute approximate surface area is 445 Å². The lowest BCUT2D eigenvalue weighted by molar-refractivity contribution is -0.143. The summed E-state index contributed by atoms with van der Waals surface area (Å²) in [5.74, 6) is -2.16. The van der Waals surface area contributed by atoms with E-state index in [1.165, 1.54) is 62.8 Å². The maximum atomic E-state index is 13.9. The van der Waals surface area contributed by atoms with E-state index in [4.69, 9.17) is 42.1 Å². The van der Waals surface area contributed by atoms with Crippen molar-refractivity contribution >= 4 is 56.7 Å². The minimum atomic E-state index is -4.95. The number of carbonyl (C=O) groups is 2. The molecule has 0 bridgehead atoms. The standard InChI is InChI=1S/C26H18ClF5N2O6.C25H16ClF5N2O6/c1-33-20(24(28)29)11-22(35)34(25(33)37)19-10-21(17(9-18(19)27)26(30,31)32)40-16-6-4-13-7-15(5-3-14(13)8-16)39-12-23(36)38-2;1-37-22(35)11-38-14-4-2-13-7-15(5-3-12(13)6-14)39-20-10-19(17(26)8-16(20)25(29,30)31)33-21(34)9-18(23(27)28)32-24(33)36/h3-11,24H,12H2,1-2H3;2-10,23H,11H2,1H3,(H,32,36). The summed E-state index contributed by atoms with van der Waals surface area (Å²) in [6.45, 7) is -0.640. The Morgan fingerprint density at radius 1 is 0.544 bits per heavy atom. The maximum Gasteiger partial charge on any atom is 0.420 e. The van der Waals surface area contributed by atoms with Crippen molar-refractivity contribution in [1.29, 1.82) is 0 Å². The van der Waals surface area contributed by atoms with Crippen LogP contribution in [0.15, 0.2) is 128 Å². The number of hydrogen-bond donors (Lipinski definition) is 1. The Balaban J connectivity index is 0.000000229. The smallest absolute Gasteiger partial charge is 0.420 e. The molecule has 0 aliphatic heterocycles. The highest BCUT2D eigenvalue weighted by atomic mass is 35.5. The molecule has 0 unspecified atom stereocenters. The minimum Gasteiger partial charge on any atom is -0.482 e. The number of aromatic amines is 1. The summed E-state index contributed by atoms with van der Waals surface area (Å²) in [4.78, 5) is 74.4. The van der Waals surface area contributed by atoms with Crippen LogP contribution in [0.3, 0.4) is 0 Å². The second kappa shape index (κ2) is 23.4. The summed E-state index contributed by atoms with van der Waals surface area (Å²) in [5.41, 5.74) is -10.5. The Hall–Kier alpha value is -8.78. The van der Waals surface area contributed by atoms with E-state index >= 15 is 0 Å². The van der Waals surface area contributed by atoms with Gasteiger partial charge in [-0.3, -0.25) is 14.2 Å². The highest BCUT2D eigenvalue weighted by Gasteiger charge is 2.38. The second-order valence-electron chi connectivity index (χ2n) is 16.3. The number of rotatable bonds is 14. The van der Waals surface area contributed by atoms with E-state index in [1.807, 2.05) is 0 Å². The Bertz CT molecular complexity index is 3890. The average Bonchev–Trinajstić information content (AvgIpc) is 3.45. The van der Waals surface area contributed by atoms with E-state index in [-0.39, 0.29) is 24.7 Å². The number of carbonyl (C=O) groups excluding carboxylic acids is 2. The van der Waals surface area contributed by atoms with Crippen LogP contribution >= 0.6 is 23.2 Å². The number of nitrogens with one attached hydrogen (secondary N) is 1. The van der Waals surface area contributed by atoms with Crippen LogP contribution in [0.1, 0.15) is 35.4 Å². The molecule has 8 aromatic rings. The van der Waals surface area contributed by atoms with E-state index in [1.54, 1.807) is 29.2 Å². The largest absolute Gasteiger partial charge is 0.482 e. The normalized spacial score (nSPS) is 11.6.